The molecule has 0 radical (unpaired) electrons. The molecule has 2 aliphatic heterocycles. The molecule has 6 rings (SSSR count). The van der Waals surface area contributed by atoms with Crippen LogP contribution in [0.5, 0.6) is 0 Å². The van der Waals surface area contributed by atoms with Crippen molar-refractivity contribution in [3.05, 3.63) is 47.2 Å². The molecule has 0 aromatic carbocycles. The van der Waals surface area contributed by atoms with E-state index in [9.17, 15) is 4.79 Å². The van der Waals surface area contributed by atoms with E-state index < -0.39 is 5.60 Å². The van der Waals surface area contributed by atoms with Gasteiger partial charge in [-0.3, -0.25) is 9.97 Å². The van der Waals surface area contributed by atoms with Gasteiger partial charge in [0.25, 0.3) is 0 Å². The summed E-state index contributed by atoms with van der Waals surface area (Å²) >= 11 is 12.2. The molecule has 2 aliphatic rings. The number of aromatic nitrogens is 6. The number of nitrogens with zero attached hydrogens (tertiary/aromatic N) is 9. The van der Waals surface area contributed by atoms with E-state index in [0.29, 0.717) is 36.0 Å². The van der Waals surface area contributed by atoms with Gasteiger partial charge in [-0.05, 0) is 46.8 Å². The summed E-state index contributed by atoms with van der Waals surface area (Å²) in [4.78, 5) is 26.8. The van der Waals surface area contributed by atoms with Gasteiger partial charge in [-0.2, -0.15) is 0 Å². The quantitative estimate of drug-likeness (QED) is 0.335. The van der Waals surface area contributed by atoms with Crippen molar-refractivity contribution < 1.29 is 9.53 Å². The molecule has 2 atom stereocenters. The molecule has 0 aliphatic carbocycles. The Hall–Kier alpha value is -3.61. The van der Waals surface area contributed by atoms with Crippen molar-refractivity contribution in [3.63, 3.8) is 0 Å². The molecule has 4 aromatic heterocycles. The number of anilines is 2. The van der Waals surface area contributed by atoms with E-state index in [2.05, 4.69) is 59.3 Å². The Balaban J connectivity index is 0.000000180. The number of ether oxygens (including phenoxy) is 1. The number of nitrogens with one attached hydrogen (secondary N) is 1. The van der Waals surface area contributed by atoms with Gasteiger partial charge in [0, 0.05) is 97.7 Å². The van der Waals surface area contributed by atoms with Crippen molar-refractivity contribution >= 4 is 62.5 Å². The van der Waals surface area contributed by atoms with Crippen molar-refractivity contribution in [1.29, 1.82) is 0 Å². The van der Waals surface area contributed by atoms with E-state index >= 15 is 0 Å². The zero-order valence-electron chi connectivity index (χ0n) is 25.0. The first-order valence-corrected chi connectivity index (χ1v) is 15.0. The maximum Gasteiger partial charge on any atom is 0.410 e. The predicted molar refractivity (Wildman–Crippen MR) is 169 cm³/mol. The van der Waals surface area contributed by atoms with E-state index in [1.165, 1.54) is 0 Å². The summed E-state index contributed by atoms with van der Waals surface area (Å²) in [6.07, 6.45) is 6.68. The number of rotatable bonds is 2. The summed E-state index contributed by atoms with van der Waals surface area (Å²) in [5.41, 5.74) is -0.499. The average molecular weight is 628 g/mol. The van der Waals surface area contributed by atoms with Crippen LogP contribution in [-0.2, 0) is 4.74 Å². The Morgan fingerprint density at radius 2 is 1.40 bits per heavy atom. The zero-order chi connectivity index (χ0) is 30.7. The van der Waals surface area contributed by atoms with Gasteiger partial charge < -0.3 is 24.8 Å². The minimum absolute atomic E-state index is 0.0696. The Kier molecular flexibility index (Phi) is 9.28. The fraction of sp³-hybridized carbons (Fsp3) is 0.483. The fourth-order valence-corrected chi connectivity index (χ4v) is 5.65. The monoisotopic (exact) mass is 626 g/mol. The van der Waals surface area contributed by atoms with Gasteiger partial charge in [0.1, 0.15) is 5.60 Å². The lowest BCUT2D eigenvalue weighted by molar-refractivity contribution is 0.0218. The number of carbonyl (C=O) groups excluding carboxylic acids is 1. The molecular formula is C29H36Cl2N10O2. The third-order valence-corrected chi connectivity index (χ3v) is 7.92. The van der Waals surface area contributed by atoms with Crippen LogP contribution >= 0.6 is 23.2 Å². The number of halogens is 2. The molecule has 4 aromatic rings. The minimum atomic E-state index is -0.499. The summed E-state index contributed by atoms with van der Waals surface area (Å²) in [5, 5.41) is 24.3. The molecule has 0 spiro atoms. The third-order valence-electron chi connectivity index (χ3n) is 7.36. The zero-order valence-corrected chi connectivity index (χ0v) is 26.5. The smallest absolute Gasteiger partial charge is 0.410 e. The number of piperazine rings is 2. The van der Waals surface area contributed by atoms with Crippen LogP contribution in [0.25, 0.3) is 21.5 Å². The van der Waals surface area contributed by atoms with Crippen LogP contribution in [0.15, 0.2) is 36.9 Å². The van der Waals surface area contributed by atoms with Gasteiger partial charge in [-0.25, -0.2) is 4.79 Å². The van der Waals surface area contributed by atoms with E-state index in [0.717, 1.165) is 52.8 Å². The SMILES string of the molecule is C[C@@H]1CN(C(=O)OC(C)(C)C)CCN1c1nnc(Cl)c2ccncc12.C[C@@H]1CNCCN1c1nnc(Cl)c2ccncc12. The molecule has 1 amide bonds. The molecule has 0 unspecified atom stereocenters. The van der Waals surface area contributed by atoms with Crippen molar-refractivity contribution in [2.24, 2.45) is 0 Å². The first kappa shape index (κ1) is 30.8. The summed E-state index contributed by atoms with van der Waals surface area (Å²) in [6, 6.07) is 4.16. The molecule has 2 fully saturated rings. The largest absolute Gasteiger partial charge is 0.444 e. The summed E-state index contributed by atoms with van der Waals surface area (Å²) in [7, 11) is 0. The van der Waals surface area contributed by atoms with Gasteiger partial charge in [0.05, 0.1) is 0 Å². The number of fused-ring (bicyclic) bond motifs is 2. The molecule has 6 heterocycles. The topological polar surface area (TPSA) is 125 Å². The molecule has 228 valence electrons. The molecular weight excluding hydrogens is 591 g/mol. The number of pyridine rings is 2. The lowest BCUT2D eigenvalue weighted by Crippen LogP contribution is -2.55. The second-order valence-corrected chi connectivity index (χ2v) is 12.4. The van der Waals surface area contributed by atoms with Gasteiger partial charge in [0.15, 0.2) is 21.9 Å². The highest BCUT2D eigenvalue weighted by Crippen LogP contribution is 2.30. The van der Waals surface area contributed by atoms with E-state index in [1.807, 2.05) is 32.9 Å². The van der Waals surface area contributed by atoms with Crippen molar-refractivity contribution in [1.82, 2.24) is 40.6 Å². The van der Waals surface area contributed by atoms with Gasteiger partial charge >= 0.3 is 6.09 Å². The van der Waals surface area contributed by atoms with Crippen LogP contribution in [0.4, 0.5) is 16.4 Å². The summed E-state index contributed by atoms with van der Waals surface area (Å²) < 4.78 is 5.47. The van der Waals surface area contributed by atoms with Crippen LogP contribution in [0, 0.1) is 0 Å². The van der Waals surface area contributed by atoms with Crippen molar-refractivity contribution in [3.8, 4) is 0 Å². The second kappa shape index (κ2) is 12.9. The van der Waals surface area contributed by atoms with Crippen LogP contribution in [0.2, 0.25) is 10.3 Å². The maximum absolute atomic E-state index is 12.3. The molecule has 1 N–H and O–H groups in total. The molecule has 43 heavy (non-hydrogen) atoms. The predicted octanol–water partition coefficient (Wildman–Crippen LogP) is 4.60. The highest BCUT2D eigenvalue weighted by atomic mass is 35.5. The standard InChI is InChI=1S/C17H22ClN5O2.C12H14ClN5/c1-11-10-22(16(24)25-17(2,3)4)7-8-23(11)15-13-9-19-6-5-12(13)14(18)20-21-15;1-8-6-15-4-5-18(8)12-10-7-14-3-2-9(10)11(13)16-17-12/h5-6,9,11H,7-8,10H2,1-4H3;2-3,7-8,15H,4-6H2,1H3/t11-;8-/m11/s1. The van der Waals surface area contributed by atoms with E-state index in [1.54, 1.807) is 29.7 Å². The lowest BCUT2D eigenvalue weighted by Gasteiger charge is -2.40. The van der Waals surface area contributed by atoms with E-state index in [-0.39, 0.29) is 12.1 Å². The molecule has 12 nitrogen and oxygen atoms in total. The highest BCUT2D eigenvalue weighted by molar-refractivity contribution is 6.34. The molecule has 14 heteroatoms. The number of hydrogen-bond acceptors (Lipinski definition) is 11. The second-order valence-electron chi connectivity index (χ2n) is 11.7. The Labute approximate surface area is 260 Å². The van der Waals surface area contributed by atoms with Crippen LogP contribution in [-0.4, -0.2) is 98.3 Å². The van der Waals surface area contributed by atoms with Crippen LogP contribution < -0.4 is 15.1 Å². The Morgan fingerprint density at radius 1 is 0.837 bits per heavy atom. The first-order valence-electron chi connectivity index (χ1n) is 14.3. The number of amides is 1. The summed E-state index contributed by atoms with van der Waals surface area (Å²) in [6.45, 7) is 14.4. The lowest BCUT2D eigenvalue weighted by atomic mass is 10.1. The molecule has 2 saturated heterocycles. The average Bonchev–Trinajstić information content (AvgIpc) is 2.98. The minimum Gasteiger partial charge on any atom is -0.444 e. The normalized spacial score (nSPS) is 19.3. The van der Waals surface area contributed by atoms with Crippen LogP contribution in [0.1, 0.15) is 34.6 Å². The highest BCUT2D eigenvalue weighted by Gasteiger charge is 2.31. The maximum atomic E-state index is 12.3. The van der Waals surface area contributed by atoms with Crippen LogP contribution in [0.3, 0.4) is 0 Å². The Morgan fingerprint density at radius 3 is 1.91 bits per heavy atom. The fourth-order valence-electron chi connectivity index (χ4n) is 5.25. The van der Waals surface area contributed by atoms with Crippen molar-refractivity contribution in [2.75, 3.05) is 49.1 Å². The molecule has 0 bridgehead atoms. The Bertz CT molecular complexity index is 1600. The van der Waals surface area contributed by atoms with Gasteiger partial charge in [-0.15, -0.1) is 20.4 Å². The molecule has 0 saturated carbocycles. The summed E-state index contributed by atoms with van der Waals surface area (Å²) in [5.74, 6) is 1.61. The van der Waals surface area contributed by atoms with Gasteiger partial charge in [0.2, 0.25) is 0 Å². The third kappa shape index (κ3) is 6.97. The van der Waals surface area contributed by atoms with Gasteiger partial charge in [-0.1, -0.05) is 23.2 Å². The number of hydrogen-bond donors (Lipinski definition) is 1. The first-order chi connectivity index (χ1) is 20.5. The number of carbonyl (C=O) groups is 1. The van der Waals surface area contributed by atoms with Crippen molar-refractivity contribution in [2.45, 2.75) is 52.3 Å². The van der Waals surface area contributed by atoms with E-state index in [4.69, 9.17) is 27.9 Å².